The molecule has 1 atom stereocenters. The number of halogens is 1. The Morgan fingerprint density at radius 3 is 2.36 bits per heavy atom. The molecule has 0 unspecified atom stereocenters. The van der Waals surface area contributed by atoms with E-state index in [1.165, 1.54) is 17.0 Å². The number of aryl methyl sites for hydroxylation is 1. The predicted octanol–water partition coefficient (Wildman–Crippen LogP) is 3.87. The third-order valence-electron chi connectivity index (χ3n) is 6.21. The standard InChI is InChI=1S/C27H28ClN3O4S/c1-30(2)23-15-26-24(14-21(23)25(32)13-10-18-6-4-3-5-7-18)31(16-19-8-11-20(28)12-9-19)27(33)22(29)17-36(26,34)35/h3-9,11-12,14-15,22H,10,13,16-17,29H2,1-2H3/t22-/m0/s1. The van der Waals surface area contributed by atoms with Crippen LogP contribution in [0.2, 0.25) is 5.02 Å². The van der Waals surface area contributed by atoms with E-state index in [9.17, 15) is 18.0 Å². The third-order valence-corrected chi connectivity index (χ3v) is 8.25. The molecule has 1 aliphatic rings. The number of carbonyl (C=O) groups is 2. The van der Waals surface area contributed by atoms with E-state index in [1.807, 2.05) is 30.3 Å². The Labute approximate surface area is 216 Å². The zero-order valence-electron chi connectivity index (χ0n) is 20.1. The lowest BCUT2D eigenvalue weighted by Gasteiger charge is -2.26. The molecule has 0 saturated carbocycles. The highest BCUT2D eigenvalue weighted by Gasteiger charge is 2.37. The van der Waals surface area contributed by atoms with Gasteiger partial charge in [-0.1, -0.05) is 54.1 Å². The zero-order chi connectivity index (χ0) is 26.0. The number of rotatable bonds is 7. The van der Waals surface area contributed by atoms with E-state index in [0.717, 1.165) is 11.1 Å². The van der Waals surface area contributed by atoms with Gasteiger partial charge in [0.15, 0.2) is 15.6 Å². The number of hydrogen-bond donors (Lipinski definition) is 1. The van der Waals surface area contributed by atoms with E-state index in [4.69, 9.17) is 17.3 Å². The second kappa shape index (κ2) is 10.4. The summed E-state index contributed by atoms with van der Waals surface area (Å²) in [6.45, 7) is 0.0885. The monoisotopic (exact) mass is 525 g/mol. The van der Waals surface area contributed by atoms with E-state index in [2.05, 4.69) is 0 Å². The number of nitrogens with two attached hydrogens (primary N) is 1. The average Bonchev–Trinajstić information content (AvgIpc) is 2.92. The normalized spacial score (nSPS) is 16.8. The van der Waals surface area contributed by atoms with Gasteiger partial charge in [0.2, 0.25) is 5.91 Å². The maximum absolute atomic E-state index is 13.4. The van der Waals surface area contributed by atoms with Gasteiger partial charge in [0.05, 0.1) is 28.9 Å². The molecule has 1 aliphatic heterocycles. The molecular formula is C27H28ClN3O4S. The molecule has 1 heterocycles. The van der Waals surface area contributed by atoms with Crippen LogP contribution in [0.1, 0.15) is 27.9 Å². The lowest BCUT2D eigenvalue weighted by Crippen LogP contribution is -2.45. The van der Waals surface area contributed by atoms with Crippen LogP contribution in [0.15, 0.2) is 71.6 Å². The smallest absolute Gasteiger partial charge is 0.245 e. The van der Waals surface area contributed by atoms with E-state index < -0.39 is 27.5 Å². The van der Waals surface area contributed by atoms with Gasteiger partial charge in [-0.3, -0.25) is 9.59 Å². The summed E-state index contributed by atoms with van der Waals surface area (Å²) in [6, 6.07) is 18.4. The molecule has 0 radical (unpaired) electrons. The van der Waals surface area contributed by atoms with Crippen molar-refractivity contribution >= 4 is 44.5 Å². The molecule has 36 heavy (non-hydrogen) atoms. The number of hydrogen-bond acceptors (Lipinski definition) is 6. The maximum Gasteiger partial charge on any atom is 0.245 e. The fourth-order valence-corrected chi connectivity index (χ4v) is 6.00. The number of benzene rings is 3. The molecule has 0 aliphatic carbocycles. The van der Waals surface area contributed by atoms with Crippen LogP contribution in [0.25, 0.3) is 0 Å². The van der Waals surface area contributed by atoms with Crippen LogP contribution in [0.5, 0.6) is 0 Å². The van der Waals surface area contributed by atoms with E-state index in [0.29, 0.717) is 22.7 Å². The Balaban J connectivity index is 1.82. The van der Waals surface area contributed by atoms with Crippen molar-refractivity contribution in [2.45, 2.75) is 30.3 Å². The van der Waals surface area contributed by atoms with Gasteiger partial charge in [-0.15, -0.1) is 0 Å². The summed E-state index contributed by atoms with van der Waals surface area (Å²) < 4.78 is 26.6. The minimum absolute atomic E-state index is 0.0129. The van der Waals surface area contributed by atoms with Crippen LogP contribution in [0.3, 0.4) is 0 Å². The van der Waals surface area contributed by atoms with E-state index >= 15 is 0 Å². The molecule has 188 valence electrons. The SMILES string of the molecule is CN(C)c1cc2c(cc1C(=O)CCc1ccccc1)N(Cc1ccc(Cl)cc1)C(=O)[C@@H](N)CS2(=O)=O. The fourth-order valence-electron chi connectivity index (χ4n) is 4.30. The summed E-state index contributed by atoms with van der Waals surface area (Å²) in [4.78, 5) is 29.8. The second-order valence-electron chi connectivity index (χ2n) is 9.08. The highest BCUT2D eigenvalue weighted by molar-refractivity contribution is 7.91. The van der Waals surface area contributed by atoms with Gasteiger partial charge in [-0.25, -0.2) is 8.42 Å². The van der Waals surface area contributed by atoms with Crippen molar-refractivity contribution in [3.05, 3.63) is 88.4 Å². The van der Waals surface area contributed by atoms with Gasteiger partial charge in [0.1, 0.15) is 0 Å². The van der Waals surface area contributed by atoms with Crippen LogP contribution in [-0.2, 0) is 27.6 Å². The summed E-state index contributed by atoms with van der Waals surface area (Å²) in [7, 11) is -0.390. The minimum Gasteiger partial charge on any atom is -0.377 e. The summed E-state index contributed by atoms with van der Waals surface area (Å²) in [5, 5.41) is 0.544. The Kier molecular flexibility index (Phi) is 7.49. The Bertz CT molecular complexity index is 1390. The molecule has 0 spiro atoms. The Morgan fingerprint density at radius 1 is 1.06 bits per heavy atom. The van der Waals surface area contributed by atoms with Gasteiger partial charge < -0.3 is 15.5 Å². The zero-order valence-corrected chi connectivity index (χ0v) is 21.7. The summed E-state index contributed by atoms with van der Waals surface area (Å²) in [6.07, 6.45) is 0.779. The van der Waals surface area contributed by atoms with Crippen LogP contribution in [0.4, 0.5) is 11.4 Å². The van der Waals surface area contributed by atoms with Gasteiger partial charge in [-0.2, -0.15) is 0 Å². The van der Waals surface area contributed by atoms with Crippen molar-refractivity contribution in [3.63, 3.8) is 0 Å². The fraction of sp³-hybridized carbons (Fsp3) is 0.259. The van der Waals surface area contributed by atoms with Gasteiger partial charge in [0, 0.05) is 36.8 Å². The highest BCUT2D eigenvalue weighted by atomic mass is 35.5. The molecule has 2 N–H and O–H groups in total. The van der Waals surface area contributed by atoms with Crippen LogP contribution >= 0.6 is 11.6 Å². The molecule has 9 heteroatoms. The topological polar surface area (TPSA) is 101 Å². The minimum atomic E-state index is -3.89. The lowest BCUT2D eigenvalue weighted by atomic mass is 9.99. The lowest BCUT2D eigenvalue weighted by molar-refractivity contribution is -0.119. The molecule has 0 aromatic heterocycles. The number of amides is 1. The molecule has 1 amide bonds. The summed E-state index contributed by atoms with van der Waals surface area (Å²) in [5.74, 6) is -1.17. The molecular weight excluding hydrogens is 498 g/mol. The first-order valence-electron chi connectivity index (χ1n) is 11.5. The van der Waals surface area contributed by atoms with Crippen molar-refractivity contribution in [2.75, 3.05) is 29.6 Å². The quantitative estimate of drug-likeness (QED) is 0.470. The van der Waals surface area contributed by atoms with Gasteiger partial charge in [-0.05, 0) is 41.8 Å². The van der Waals surface area contributed by atoms with Crippen molar-refractivity contribution in [2.24, 2.45) is 5.73 Å². The third kappa shape index (κ3) is 5.46. The van der Waals surface area contributed by atoms with Crippen LogP contribution in [-0.4, -0.2) is 46.0 Å². The summed E-state index contributed by atoms with van der Waals surface area (Å²) >= 11 is 6.01. The number of ketones is 1. The van der Waals surface area contributed by atoms with E-state index in [1.54, 1.807) is 43.3 Å². The molecule has 7 nitrogen and oxygen atoms in total. The molecule has 4 rings (SSSR count). The van der Waals surface area contributed by atoms with Crippen LogP contribution in [0, 0.1) is 0 Å². The molecule has 3 aromatic carbocycles. The van der Waals surface area contributed by atoms with Gasteiger partial charge in [0.25, 0.3) is 0 Å². The number of sulfone groups is 1. The maximum atomic E-state index is 13.4. The first-order chi connectivity index (χ1) is 17.1. The Morgan fingerprint density at radius 2 is 1.72 bits per heavy atom. The number of carbonyl (C=O) groups excluding carboxylic acids is 2. The van der Waals surface area contributed by atoms with Crippen molar-refractivity contribution in [1.29, 1.82) is 0 Å². The molecule has 0 fully saturated rings. The first kappa shape index (κ1) is 25.9. The molecule has 0 saturated heterocycles. The number of fused-ring (bicyclic) bond motifs is 1. The highest BCUT2D eigenvalue weighted by Crippen LogP contribution is 2.37. The predicted molar refractivity (Wildman–Crippen MR) is 143 cm³/mol. The van der Waals surface area contributed by atoms with Crippen molar-refractivity contribution < 1.29 is 18.0 Å². The molecule has 3 aromatic rings. The summed E-state index contributed by atoms with van der Waals surface area (Å²) in [5.41, 5.74) is 8.81. The second-order valence-corrected chi connectivity index (χ2v) is 11.5. The van der Waals surface area contributed by atoms with Crippen LogP contribution < -0.4 is 15.5 Å². The number of nitrogens with zero attached hydrogens (tertiary/aromatic N) is 2. The number of anilines is 2. The average molecular weight is 526 g/mol. The Hall–Kier alpha value is -3.20. The van der Waals surface area contributed by atoms with Crippen molar-refractivity contribution in [1.82, 2.24) is 0 Å². The first-order valence-corrected chi connectivity index (χ1v) is 13.6. The van der Waals surface area contributed by atoms with E-state index in [-0.39, 0.29) is 29.3 Å². The largest absolute Gasteiger partial charge is 0.377 e. The molecule has 0 bridgehead atoms. The van der Waals surface area contributed by atoms with Crippen molar-refractivity contribution in [3.8, 4) is 0 Å². The number of Topliss-reactive ketones (excluding diaryl/α,β-unsaturated/α-hetero) is 1. The van der Waals surface area contributed by atoms with Gasteiger partial charge >= 0.3 is 0 Å².